The first kappa shape index (κ1) is 17.7. The van der Waals surface area contributed by atoms with Gasteiger partial charge in [-0.25, -0.2) is 9.97 Å². The number of thioether (sulfide) groups is 1. The number of amides is 1. The van der Waals surface area contributed by atoms with Gasteiger partial charge in [-0.2, -0.15) is 0 Å². The number of hydrogen-bond acceptors (Lipinski definition) is 5. The first-order chi connectivity index (χ1) is 13.3. The van der Waals surface area contributed by atoms with Crippen LogP contribution in [0.5, 0.6) is 0 Å². The van der Waals surface area contributed by atoms with Crippen molar-refractivity contribution in [3.05, 3.63) is 77.0 Å². The maximum atomic E-state index is 12.2. The highest BCUT2D eigenvalue weighted by atomic mass is 32.2. The zero-order chi connectivity index (χ0) is 18.5. The van der Waals surface area contributed by atoms with Crippen LogP contribution in [0.2, 0.25) is 0 Å². The predicted octanol–water partition coefficient (Wildman–Crippen LogP) is 4.77. The number of para-hydroxylation sites is 1. The van der Waals surface area contributed by atoms with Crippen molar-refractivity contribution in [3.63, 3.8) is 0 Å². The number of nitrogens with one attached hydrogen (secondary N) is 1. The fraction of sp³-hybridized carbons (Fsp3) is 0.0952. The maximum Gasteiger partial charge on any atom is 0.230 e. The van der Waals surface area contributed by atoms with Gasteiger partial charge >= 0.3 is 0 Å². The number of thiophene rings is 1. The summed E-state index contributed by atoms with van der Waals surface area (Å²) < 4.78 is 0. The van der Waals surface area contributed by atoms with E-state index in [1.165, 1.54) is 11.8 Å². The summed E-state index contributed by atoms with van der Waals surface area (Å²) >= 11 is 3.08. The SMILES string of the molecule is O=C(CSc1nc(-c2ccccc2)nc2ccccc12)NCc1cccs1. The number of hydrogen-bond donors (Lipinski definition) is 1. The van der Waals surface area contributed by atoms with Gasteiger partial charge in [-0.15, -0.1) is 11.3 Å². The second kappa shape index (κ2) is 8.33. The van der Waals surface area contributed by atoms with E-state index in [1.807, 2.05) is 72.1 Å². The average molecular weight is 392 g/mol. The van der Waals surface area contributed by atoms with Crippen LogP contribution in [0.1, 0.15) is 4.88 Å². The molecule has 27 heavy (non-hydrogen) atoms. The molecule has 4 nitrogen and oxygen atoms in total. The lowest BCUT2D eigenvalue weighted by molar-refractivity contribution is -0.118. The van der Waals surface area contributed by atoms with Crippen LogP contribution in [0.15, 0.2) is 77.1 Å². The highest BCUT2D eigenvalue weighted by Gasteiger charge is 2.11. The maximum absolute atomic E-state index is 12.2. The van der Waals surface area contributed by atoms with Gasteiger partial charge in [0.25, 0.3) is 0 Å². The van der Waals surface area contributed by atoms with E-state index in [4.69, 9.17) is 4.98 Å². The average Bonchev–Trinajstić information content (AvgIpc) is 3.24. The number of nitrogens with zero attached hydrogens (tertiary/aromatic N) is 2. The summed E-state index contributed by atoms with van der Waals surface area (Å²) in [4.78, 5) is 22.8. The van der Waals surface area contributed by atoms with E-state index in [2.05, 4.69) is 10.3 Å². The second-order valence-electron chi connectivity index (χ2n) is 5.88. The van der Waals surface area contributed by atoms with Gasteiger partial charge in [-0.1, -0.05) is 66.4 Å². The van der Waals surface area contributed by atoms with Gasteiger partial charge in [0.15, 0.2) is 5.82 Å². The number of aromatic nitrogens is 2. The summed E-state index contributed by atoms with van der Waals surface area (Å²) in [6.07, 6.45) is 0. The van der Waals surface area contributed by atoms with Crippen molar-refractivity contribution in [2.75, 3.05) is 5.75 Å². The standard InChI is InChI=1S/C21H17N3OS2/c25-19(22-13-16-9-6-12-26-16)14-27-21-17-10-4-5-11-18(17)23-20(24-21)15-7-2-1-3-8-15/h1-12H,13-14H2,(H,22,25). The number of benzene rings is 2. The smallest absolute Gasteiger partial charge is 0.230 e. The minimum atomic E-state index is -0.00245. The largest absolute Gasteiger partial charge is 0.350 e. The van der Waals surface area contributed by atoms with E-state index in [1.54, 1.807) is 11.3 Å². The monoisotopic (exact) mass is 391 g/mol. The Morgan fingerprint density at radius 2 is 1.78 bits per heavy atom. The number of rotatable bonds is 6. The van der Waals surface area contributed by atoms with Gasteiger partial charge in [-0.3, -0.25) is 4.79 Å². The molecular weight excluding hydrogens is 374 g/mol. The Morgan fingerprint density at radius 3 is 2.59 bits per heavy atom. The van der Waals surface area contributed by atoms with Gasteiger partial charge in [0, 0.05) is 15.8 Å². The molecule has 134 valence electrons. The number of carbonyl (C=O) groups is 1. The Balaban J connectivity index is 1.54. The van der Waals surface area contributed by atoms with Crippen LogP contribution in [0.3, 0.4) is 0 Å². The van der Waals surface area contributed by atoms with Crippen LogP contribution in [0, 0.1) is 0 Å². The van der Waals surface area contributed by atoms with Crippen LogP contribution >= 0.6 is 23.1 Å². The molecule has 2 heterocycles. The van der Waals surface area contributed by atoms with E-state index < -0.39 is 0 Å². The molecule has 0 spiro atoms. The quantitative estimate of drug-likeness (QED) is 0.380. The fourth-order valence-corrected chi connectivity index (χ4v) is 4.15. The van der Waals surface area contributed by atoms with Crippen molar-refractivity contribution in [2.24, 2.45) is 0 Å². The molecule has 6 heteroatoms. The van der Waals surface area contributed by atoms with Gasteiger partial charge in [0.05, 0.1) is 17.8 Å². The molecule has 2 aromatic carbocycles. The van der Waals surface area contributed by atoms with Gasteiger partial charge < -0.3 is 5.32 Å². The van der Waals surface area contributed by atoms with Crippen molar-refractivity contribution in [1.82, 2.24) is 15.3 Å². The molecule has 0 unspecified atom stereocenters. The molecule has 0 radical (unpaired) electrons. The molecule has 2 aromatic heterocycles. The fourth-order valence-electron chi connectivity index (χ4n) is 2.66. The summed E-state index contributed by atoms with van der Waals surface area (Å²) in [7, 11) is 0. The van der Waals surface area contributed by atoms with E-state index >= 15 is 0 Å². The summed E-state index contributed by atoms with van der Waals surface area (Å²) in [5.41, 5.74) is 1.85. The Labute approximate surface area is 165 Å². The Hall–Kier alpha value is -2.70. The third-order valence-corrected chi connectivity index (χ3v) is 5.85. The van der Waals surface area contributed by atoms with Crippen LogP contribution < -0.4 is 5.32 Å². The molecule has 0 fully saturated rings. The van der Waals surface area contributed by atoms with E-state index in [0.717, 1.165) is 26.4 Å². The molecule has 0 bridgehead atoms. The van der Waals surface area contributed by atoms with Crippen molar-refractivity contribution in [2.45, 2.75) is 11.6 Å². The number of carbonyl (C=O) groups excluding carboxylic acids is 1. The Bertz CT molecular complexity index is 1050. The van der Waals surface area contributed by atoms with Crippen molar-refractivity contribution >= 4 is 39.9 Å². The molecule has 0 saturated carbocycles. The van der Waals surface area contributed by atoms with Gasteiger partial charge in [0.1, 0.15) is 5.03 Å². The Kier molecular flexibility index (Phi) is 5.46. The van der Waals surface area contributed by atoms with Gasteiger partial charge in [0.2, 0.25) is 5.91 Å². The topological polar surface area (TPSA) is 54.9 Å². The summed E-state index contributed by atoms with van der Waals surface area (Å²) in [6.45, 7) is 0.566. The van der Waals surface area contributed by atoms with Crippen molar-refractivity contribution < 1.29 is 4.79 Å². The second-order valence-corrected chi connectivity index (χ2v) is 7.88. The van der Waals surface area contributed by atoms with E-state index in [-0.39, 0.29) is 5.91 Å². The lowest BCUT2D eigenvalue weighted by atomic mass is 10.2. The zero-order valence-electron chi connectivity index (χ0n) is 14.5. The van der Waals surface area contributed by atoms with Gasteiger partial charge in [-0.05, 0) is 17.5 Å². The molecule has 0 aliphatic rings. The first-order valence-corrected chi connectivity index (χ1v) is 10.4. The third kappa shape index (κ3) is 4.35. The molecule has 0 saturated heterocycles. The first-order valence-electron chi connectivity index (χ1n) is 8.54. The minimum Gasteiger partial charge on any atom is -0.350 e. The van der Waals surface area contributed by atoms with Crippen LogP contribution in [0.25, 0.3) is 22.3 Å². The molecule has 1 N–H and O–H groups in total. The molecule has 4 aromatic rings. The minimum absolute atomic E-state index is 0.00245. The summed E-state index contributed by atoms with van der Waals surface area (Å²) in [6, 6.07) is 21.8. The van der Waals surface area contributed by atoms with E-state index in [0.29, 0.717) is 18.1 Å². The van der Waals surface area contributed by atoms with Crippen LogP contribution in [0.4, 0.5) is 0 Å². The Morgan fingerprint density at radius 1 is 0.963 bits per heavy atom. The molecule has 0 atom stereocenters. The molecule has 0 aliphatic carbocycles. The zero-order valence-corrected chi connectivity index (χ0v) is 16.1. The van der Waals surface area contributed by atoms with Crippen LogP contribution in [-0.2, 0) is 11.3 Å². The van der Waals surface area contributed by atoms with Crippen LogP contribution in [-0.4, -0.2) is 21.6 Å². The summed E-state index contributed by atoms with van der Waals surface area (Å²) in [5.74, 6) is 0.994. The highest BCUT2D eigenvalue weighted by molar-refractivity contribution is 8.00. The molecule has 1 amide bonds. The normalized spacial score (nSPS) is 10.8. The highest BCUT2D eigenvalue weighted by Crippen LogP contribution is 2.28. The molecule has 4 rings (SSSR count). The summed E-state index contributed by atoms with van der Waals surface area (Å²) in [5, 5.41) is 6.76. The predicted molar refractivity (Wildman–Crippen MR) is 112 cm³/mol. The third-order valence-electron chi connectivity index (χ3n) is 3.98. The number of fused-ring (bicyclic) bond motifs is 1. The van der Waals surface area contributed by atoms with Crippen molar-refractivity contribution in [1.29, 1.82) is 0 Å². The lowest BCUT2D eigenvalue weighted by Crippen LogP contribution is -2.24. The molecular formula is C21H17N3OS2. The molecule has 0 aliphatic heterocycles. The lowest BCUT2D eigenvalue weighted by Gasteiger charge is -2.09. The van der Waals surface area contributed by atoms with Crippen molar-refractivity contribution in [3.8, 4) is 11.4 Å². The van der Waals surface area contributed by atoms with E-state index in [9.17, 15) is 4.79 Å².